The highest BCUT2D eigenvalue weighted by molar-refractivity contribution is 6.02. The second-order valence-corrected chi connectivity index (χ2v) is 10.6. The van der Waals surface area contributed by atoms with E-state index < -0.39 is 23.2 Å². The Hall–Kier alpha value is -3.81. The van der Waals surface area contributed by atoms with Crippen molar-refractivity contribution < 1.29 is 27.5 Å². The molecule has 2 saturated carbocycles. The molecule has 0 radical (unpaired) electrons. The van der Waals surface area contributed by atoms with E-state index in [9.17, 15) is 22.8 Å². The van der Waals surface area contributed by atoms with E-state index in [1.807, 2.05) is 24.3 Å². The maximum absolute atomic E-state index is 13.7. The SMILES string of the molecule is COC(=O)c1ccc(C2(NC(=O)c3cccc4c3N(Cc3cccc(C(F)(F)F)c3)CC43CC3)CC2)cc1. The Morgan fingerprint density at radius 1 is 0.974 bits per heavy atom. The minimum absolute atomic E-state index is 0.0335. The molecule has 3 aromatic rings. The van der Waals surface area contributed by atoms with Gasteiger partial charge in [-0.05, 0) is 72.7 Å². The maximum atomic E-state index is 13.7. The van der Waals surface area contributed by atoms with Crippen molar-refractivity contribution in [1.82, 2.24) is 5.32 Å². The first-order valence-corrected chi connectivity index (χ1v) is 12.7. The smallest absolute Gasteiger partial charge is 0.416 e. The third-order valence-corrected chi connectivity index (χ3v) is 8.10. The van der Waals surface area contributed by atoms with Crippen LogP contribution < -0.4 is 10.2 Å². The van der Waals surface area contributed by atoms with Gasteiger partial charge >= 0.3 is 12.1 Å². The molecule has 1 spiro atoms. The average molecular weight is 521 g/mol. The van der Waals surface area contributed by atoms with Crippen LogP contribution in [-0.4, -0.2) is 25.5 Å². The summed E-state index contributed by atoms with van der Waals surface area (Å²) < 4.78 is 44.7. The van der Waals surface area contributed by atoms with Gasteiger partial charge in [-0.3, -0.25) is 4.79 Å². The number of nitrogens with one attached hydrogen (secondary N) is 1. The van der Waals surface area contributed by atoms with Crippen molar-refractivity contribution in [2.75, 3.05) is 18.6 Å². The molecule has 2 aliphatic carbocycles. The number of fused-ring (bicyclic) bond motifs is 2. The molecule has 3 aliphatic rings. The zero-order valence-electron chi connectivity index (χ0n) is 20.9. The number of hydrogen-bond donors (Lipinski definition) is 1. The standard InChI is InChI=1S/C30H27F3N2O3/c1-38-27(37)20-8-10-21(11-9-20)29(14-15-29)34-26(36)23-6-3-7-24-25(23)35(18-28(24)12-13-28)17-19-4-2-5-22(16-19)30(31,32)33/h2-11,16H,12-15,17-18H2,1H3,(H,34,36). The van der Waals surface area contributed by atoms with Crippen molar-refractivity contribution in [3.8, 4) is 0 Å². The first-order valence-electron chi connectivity index (χ1n) is 12.7. The van der Waals surface area contributed by atoms with Gasteiger partial charge in [0, 0.05) is 18.5 Å². The lowest BCUT2D eigenvalue weighted by molar-refractivity contribution is -0.137. The number of esters is 1. The molecule has 3 aromatic carbocycles. The Bertz CT molecular complexity index is 1420. The summed E-state index contributed by atoms with van der Waals surface area (Å²) in [5, 5.41) is 3.22. The van der Waals surface area contributed by atoms with Crippen molar-refractivity contribution in [3.05, 3.63) is 100 Å². The van der Waals surface area contributed by atoms with Crippen LogP contribution in [0.1, 0.15) is 68.7 Å². The lowest BCUT2D eigenvalue weighted by Crippen LogP contribution is -2.36. The topological polar surface area (TPSA) is 58.6 Å². The molecular weight excluding hydrogens is 493 g/mol. The van der Waals surface area contributed by atoms with Crippen molar-refractivity contribution in [1.29, 1.82) is 0 Å². The summed E-state index contributed by atoms with van der Waals surface area (Å²) in [6, 6.07) is 18.2. The van der Waals surface area contributed by atoms with Crippen LogP contribution in [0, 0.1) is 0 Å². The van der Waals surface area contributed by atoms with E-state index in [0.29, 0.717) is 29.8 Å². The molecule has 0 unspecified atom stereocenters. The lowest BCUT2D eigenvalue weighted by atomic mass is 9.96. The molecule has 1 amide bonds. The van der Waals surface area contributed by atoms with E-state index in [2.05, 4.69) is 10.2 Å². The Balaban J connectivity index is 1.28. The van der Waals surface area contributed by atoms with Crippen LogP contribution in [0.25, 0.3) is 0 Å². The van der Waals surface area contributed by atoms with Gasteiger partial charge in [-0.1, -0.05) is 36.4 Å². The van der Waals surface area contributed by atoms with Crippen LogP contribution in [0.15, 0.2) is 66.7 Å². The zero-order valence-corrected chi connectivity index (χ0v) is 20.9. The van der Waals surface area contributed by atoms with Gasteiger partial charge < -0.3 is 15.0 Å². The number of carbonyl (C=O) groups is 2. The van der Waals surface area contributed by atoms with Crippen molar-refractivity contribution in [2.24, 2.45) is 0 Å². The molecule has 0 atom stereocenters. The number of hydrogen-bond acceptors (Lipinski definition) is 4. The molecule has 196 valence electrons. The number of rotatable bonds is 6. The van der Waals surface area contributed by atoms with Gasteiger partial charge in [0.25, 0.3) is 5.91 Å². The van der Waals surface area contributed by atoms with Crippen LogP contribution >= 0.6 is 0 Å². The fourth-order valence-electron chi connectivity index (χ4n) is 5.74. The normalized spacial score (nSPS) is 18.2. The molecule has 1 heterocycles. The summed E-state index contributed by atoms with van der Waals surface area (Å²) in [6.07, 6.45) is -0.844. The summed E-state index contributed by atoms with van der Waals surface area (Å²) in [6.45, 7) is 0.978. The van der Waals surface area contributed by atoms with E-state index in [0.717, 1.165) is 48.6 Å². The molecule has 2 fully saturated rings. The van der Waals surface area contributed by atoms with Crippen molar-refractivity contribution in [2.45, 2.75) is 49.4 Å². The average Bonchev–Trinajstić information content (AvgIpc) is 3.83. The molecule has 6 rings (SSSR count). The Labute approximate surface area is 218 Å². The number of ether oxygens (including phenoxy) is 1. The van der Waals surface area contributed by atoms with E-state index in [1.165, 1.54) is 19.2 Å². The summed E-state index contributed by atoms with van der Waals surface area (Å²) in [7, 11) is 1.33. The quantitative estimate of drug-likeness (QED) is 0.408. The Kier molecular flexibility index (Phi) is 5.56. The van der Waals surface area contributed by atoms with Crippen molar-refractivity contribution >= 4 is 17.6 Å². The van der Waals surface area contributed by atoms with Crippen LogP contribution in [0.5, 0.6) is 0 Å². The number of nitrogens with zero attached hydrogens (tertiary/aromatic N) is 1. The fraction of sp³-hybridized carbons (Fsp3) is 0.333. The van der Waals surface area contributed by atoms with Crippen LogP contribution in [0.4, 0.5) is 18.9 Å². The first kappa shape index (κ1) is 24.5. The molecule has 1 aliphatic heterocycles. The molecule has 0 aromatic heterocycles. The third kappa shape index (κ3) is 4.22. The minimum Gasteiger partial charge on any atom is -0.465 e. The molecule has 0 bridgehead atoms. The summed E-state index contributed by atoms with van der Waals surface area (Å²) in [5.41, 5.74) is 3.17. The lowest BCUT2D eigenvalue weighted by Gasteiger charge is -2.24. The van der Waals surface area contributed by atoms with Gasteiger partial charge in [-0.25, -0.2) is 4.79 Å². The van der Waals surface area contributed by atoms with Gasteiger partial charge in [0.2, 0.25) is 0 Å². The fourth-order valence-corrected chi connectivity index (χ4v) is 5.74. The van der Waals surface area contributed by atoms with Crippen LogP contribution in [0.2, 0.25) is 0 Å². The predicted molar refractivity (Wildman–Crippen MR) is 136 cm³/mol. The maximum Gasteiger partial charge on any atom is 0.416 e. The van der Waals surface area contributed by atoms with Crippen LogP contribution in [0.3, 0.4) is 0 Å². The second kappa shape index (κ2) is 8.61. The second-order valence-electron chi connectivity index (χ2n) is 10.6. The number of benzene rings is 3. The van der Waals surface area contributed by atoms with Gasteiger partial charge in [0.1, 0.15) is 0 Å². The van der Waals surface area contributed by atoms with E-state index >= 15 is 0 Å². The number of carbonyl (C=O) groups excluding carboxylic acids is 2. The number of anilines is 1. The van der Waals surface area contributed by atoms with Gasteiger partial charge in [0.05, 0.1) is 35.0 Å². The molecule has 38 heavy (non-hydrogen) atoms. The van der Waals surface area contributed by atoms with Crippen LogP contribution in [-0.2, 0) is 28.4 Å². The number of methoxy groups -OCH3 is 1. The van der Waals surface area contributed by atoms with Gasteiger partial charge in [-0.15, -0.1) is 0 Å². The molecular formula is C30H27F3N2O3. The zero-order chi connectivity index (χ0) is 26.7. The predicted octanol–water partition coefficient (Wildman–Crippen LogP) is 5.96. The van der Waals surface area contributed by atoms with Gasteiger partial charge in [0.15, 0.2) is 0 Å². The highest BCUT2D eigenvalue weighted by Gasteiger charge is 2.53. The monoisotopic (exact) mass is 520 g/mol. The molecule has 5 nitrogen and oxygen atoms in total. The summed E-state index contributed by atoms with van der Waals surface area (Å²) >= 11 is 0. The minimum atomic E-state index is -4.41. The largest absolute Gasteiger partial charge is 0.465 e. The highest BCUT2D eigenvalue weighted by atomic mass is 19.4. The number of alkyl halides is 3. The molecule has 1 N–H and O–H groups in total. The molecule has 0 saturated heterocycles. The number of halogens is 3. The van der Waals surface area contributed by atoms with Crippen molar-refractivity contribution in [3.63, 3.8) is 0 Å². The number of para-hydroxylation sites is 1. The van der Waals surface area contributed by atoms with Gasteiger partial charge in [-0.2, -0.15) is 13.2 Å². The first-order chi connectivity index (χ1) is 18.1. The Morgan fingerprint density at radius 3 is 2.32 bits per heavy atom. The number of amides is 1. The van der Waals surface area contributed by atoms with E-state index in [1.54, 1.807) is 24.3 Å². The Morgan fingerprint density at radius 2 is 1.68 bits per heavy atom. The summed E-state index contributed by atoms with van der Waals surface area (Å²) in [4.78, 5) is 27.6. The van der Waals surface area contributed by atoms with E-state index in [4.69, 9.17) is 4.74 Å². The third-order valence-electron chi connectivity index (χ3n) is 8.10. The summed E-state index contributed by atoms with van der Waals surface area (Å²) in [5.74, 6) is -0.622. The van der Waals surface area contributed by atoms with E-state index in [-0.39, 0.29) is 11.3 Å². The molecule has 8 heteroatoms. The highest BCUT2D eigenvalue weighted by Crippen LogP contribution is 2.57.